The standard InChI is InChI=1S/C66H60N6O6/c1-13-52(73)76-49-34-28-46(29-35-49)70-58-55(67-61(70)40-16-22-43(23-17-40)64(4,5)6)59-57(69-63(42-20-26-45(27-21-42)66(10,11)12)71(59)47-30-36-50(37-31-47)77-53(74)14-2)60-56(58)68-62(41-18-24-44(25-19-41)65(7,8)9)72(60)48-32-38-51(39-33-48)78-54(75)15-3/h13-39H,1-3H2,4-12H3. The number of fused-ring (bicyclic) bond motifs is 6. The van der Waals surface area contributed by atoms with Crippen LogP contribution < -0.4 is 14.2 Å². The number of carbonyl (C=O) groups is 3. The quantitative estimate of drug-likeness (QED) is 0.0666. The predicted octanol–water partition coefficient (Wildman–Crippen LogP) is 14.9. The number of hydrogen-bond donors (Lipinski definition) is 0. The first-order valence-corrected chi connectivity index (χ1v) is 25.7. The Morgan fingerprint density at radius 2 is 0.577 bits per heavy atom. The van der Waals surface area contributed by atoms with E-state index in [-0.39, 0.29) is 16.2 Å². The highest BCUT2D eigenvalue weighted by molar-refractivity contribution is 6.22. The Hall–Kier alpha value is -9.42. The van der Waals surface area contributed by atoms with E-state index in [1.165, 1.54) is 0 Å². The van der Waals surface area contributed by atoms with E-state index in [1.807, 2.05) is 36.4 Å². The highest BCUT2D eigenvalue weighted by Gasteiger charge is 2.31. The van der Waals surface area contributed by atoms with E-state index in [1.54, 1.807) is 36.4 Å². The van der Waals surface area contributed by atoms with Crippen LogP contribution in [0.5, 0.6) is 17.2 Å². The minimum Gasteiger partial charge on any atom is -0.423 e. The second kappa shape index (κ2) is 19.9. The van der Waals surface area contributed by atoms with Crippen LogP contribution in [0.3, 0.4) is 0 Å². The normalized spacial score (nSPS) is 12.0. The van der Waals surface area contributed by atoms with Gasteiger partial charge in [0.2, 0.25) is 0 Å². The van der Waals surface area contributed by atoms with Gasteiger partial charge in [-0.25, -0.2) is 29.3 Å². The summed E-state index contributed by atoms with van der Waals surface area (Å²) in [6.07, 6.45) is 3.38. The molecule has 0 fully saturated rings. The van der Waals surface area contributed by atoms with E-state index in [0.29, 0.717) is 84.9 Å². The van der Waals surface area contributed by atoms with Crippen molar-refractivity contribution in [2.45, 2.75) is 78.6 Å². The van der Waals surface area contributed by atoms with Gasteiger partial charge in [0.05, 0.1) is 0 Å². The largest absolute Gasteiger partial charge is 0.423 e. The van der Waals surface area contributed by atoms with Gasteiger partial charge in [-0.2, -0.15) is 0 Å². The Balaban J connectivity index is 1.42. The lowest BCUT2D eigenvalue weighted by molar-refractivity contribution is -0.129. The van der Waals surface area contributed by atoms with Crippen LogP contribution in [0.25, 0.3) is 84.3 Å². The maximum atomic E-state index is 12.5. The summed E-state index contributed by atoms with van der Waals surface area (Å²) in [4.78, 5) is 54.5. The van der Waals surface area contributed by atoms with Gasteiger partial charge >= 0.3 is 17.9 Å². The number of aromatic nitrogens is 6. The average Bonchev–Trinajstić information content (AvgIpc) is 4.34. The van der Waals surface area contributed by atoms with Crippen molar-refractivity contribution in [3.05, 3.63) is 200 Å². The van der Waals surface area contributed by atoms with Gasteiger partial charge in [-0.1, -0.05) is 155 Å². The number of hydrogen-bond acceptors (Lipinski definition) is 9. The zero-order valence-corrected chi connectivity index (χ0v) is 45.3. The lowest BCUT2D eigenvalue weighted by atomic mass is 9.86. The van der Waals surface area contributed by atoms with E-state index in [0.717, 1.165) is 51.6 Å². The summed E-state index contributed by atoms with van der Waals surface area (Å²) in [7, 11) is 0. The Morgan fingerprint density at radius 1 is 0.359 bits per heavy atom. The van der Waals surface area contributed by atoms with Crippen molar-refractivity contribution in [3.8, 4) is 68.5 Å². The molecule has 0 aliphatic heterocycles. The van der Waals surface area contributed by atoms with Crippen LogP contribution >= 0.6 is 0 Å². The van der Waals surface area contributed by atoms with Crippen molar-refractivity contribution in [3.63, 3.8) is 0 Å². The summed E-state index contributed by atoms with van der Waals surface area (Å²) in [5.41, 5.74) is 11.5. The molecule has 0 radical (unpaired) electrons. The Bertz CT molecular complexity index is 3540. The van der Waals surface area contributed by atoms with Crippen LogP contribution in [-0.4, -0.2) is 46.6 Å². The van der Waals surface area contributed by atoms with Crippen LogP contribution in [0.1, 0.15) is 79.0 Å². The summed E-state index contributed by atoms with van der Waals surface area (Å²) in [6.45, 7) is 30.4. The van der Waals surface area contributed by atoms with Gasteiger partial charge in [0.25, 0.3) is 0 Å². The molecule has 12 nitrogen and oxygen atoms in total. The van der Waals surface area contributed by atoms with E-state index in [2.05, 4.69) is 169 Å². The van der Waals surface area contributed by atoms with Gasteiger partial charge in [0.15, 0.2) is 0 Å². The number of nitrogens with zero attached hydrogens (tertiary/aromatic N) is 6. The Labute approximate surface area is 453 Å². The fourth-order valence-corrected chi connectivity index (χ4v) is 9.57. The van der Waals surface area contributed by atoms with Crippen molar-refractivity contribution in [2.24, 2.45) is 0 Å². The van der Waals surface area contributed by atoms with Gasteiger partial charge in [-0.3, -0.25) is 13.7 Å². The first-order valence-electron chi connectivity index (χ1n) is 25.7. The average molecular weight is 1030 g/mol. The monoisotopic (exact) mass is 1030 g/mol. The SMILES string of the molecule is C=CC(=O)Oc1ccc(-n2c(-c3ccc(C(C)(C)C)cc3)nc3c2c2nc(-c4ccc(C(C)(C)C)cc4)n(-c4ccc(OC(=O)C=C)cc4)c2c2nc(-c4ccc(C(C)(C)C)cc4)n(-c4ccc(OC(=O)C=C)cc4)c32)cc1. The molecule has 3 heterocycles. The van der Waals surface area contributed by atoms with Gasteiger partial charge in [0.1, 0.15) is 67.8 Å². The van der Waals surface area contributed by atoms with Crippen LogP contribution in [-0.2, 0) is 30.6 Å². The first kappa shape index (κ1) is 52.0. The van der Waals surface area contributed by atoms with Crippen molar-refractivity contribution in [1.82, 2.24) is 28.7 Å². The molecule has 0 unspecified atom stereocenters. The van der Waals surface area contributed by atoms with Crippen LogP contribution in [0, 0.1) is 0 Å². The Morgan fingerprint density at radius 3 is 0.769 bits per heavy atom. The number of esters is 3. The number of rotatable bonds is 12. The predicted molar refractivity (Wildman–Crippen MR) is 310 cm³/mol. The molecule has 10 aromatic rings. The Kier molecular flexibility index (Phi) is 13.3. The number of carbonyl (C=O) groups excluding carboxylic acids is 3. The zero-order chi connectivity index (χ0) is 55.4. The summed E-state index contributed by atoms with van der Waals surface area (Å²) in [5.74, 6) is 1.13. The van der Waals surface area contributed by atoms with Crippen LogP contribution in [0.4, 0.5) is 0 Å². The van der Waals surface area contributed by atoms with Crippen molar-refractivity contribution >= 4 is 51.0 Å². The molecule has 0 aliphatic rings. The molecular weight excluding hydrogens is 973 g/mol. The smallest absolute Gasteiger partial charge is 0.335 e. The molecule has 0 amide bonds. The van der Waals surface area contributed by atoms with Crippen molar-refractivity contribution in [2.75, 3.05) is 0 Å². The van der Waals surface area contributed by atoms with Gasteiger partial charge < -0.3 is 14.2 Å². The zero-order valence-electron chi connectivity index (χ0n) is 45.3. The minimum atomic E-state index is -0.580. The molecule has 7 aromatic carbocycles. The van der Waals surface area contributed by atoms with Crippen LogP contribution in [0.2, 0.25) is 0 Å². The highest BCUT2D eigenvalue weighted by Crippen LogP contribution is 2.45. The highest BCUT2D eigenvalue weighted by atomic mass is 16.5. The second-order valence-corrected chi connectivity index (χ2v) is 22.2. The van der Waals surface area contributed by atoms with Crippen molar-refractivity contribution < 1.29 is 28.6 Å². The molecule has 0 saturated heterocycles. The third-order valence-corrected chi connectivity index (χ3v) is 13.8. The molecule has 78 heavy (non-hydrogen) atoms. The maximum absolute atomic E-state index is 12.5. The van der Waals surface area contributed by atoms with Crippen molar-refractivity contribution in [1.29, 1.82) is 0 Å². The number of imidazole rings is 3. The molecular formula is C66H60N6O6. The fourth-order valence-electron chi connectivity index (χ4n) is 9.57. The van der Waals surface area contributed by atoms with E-state index in [9.17, 15) is 14.4 Å². The molecule has 390 valence electrons. The lowest BCUT2D eigenvalue weighted by Crippen LogP contribution is -2.10. The van der Waals surface area contributed by atoms with Gasteiger partial charge in [-0.15, -0.1) is 0 Å². The maximum Gasteiger partial charge on any atom is 0.335 e. The second-order valence-electron chi connectivity index (χ2n) is 22.2. The third kappa shape index (κ3) is 9.84. The summed E-state index contributed by atoms with van der Waals surface area (Å²) in [6, 6.07) is 47.2. The molecule has 10 rings (SSSR count). The molecule has 12 heteroatoms. The van der Waals surface area contributed by atoms with E-state index < -0.39 is 17.9 Å². The topological polar surface area (TPSA) is 132 Å². The number of benzene rings is 7. The third-order valence-electron chi connectivity index (χ3n) is 13.8. The molecule has 3 aromatic heterocycles. The van der Waals surface area contributed by atoms with Crippen LogP contribution in [0.15, 0.2) is 184 Å². The van der Waals surface area contributed by atoms with Gasteiger partial charge in [0, 0.05) is 52.0 Å². The molecule has 0 atom stereocenters. The molecule has 0 N–H and O–H groups in total. The minimum absolute atomic E-state index is 0.122. The molecule has 0 spiro atoms. The summed E-state index contributed by atoms with van der Waals surface area (Å²) in [5, 5.41) is 0. The fraction of sp³-hybridized carbons (Fsp3) is 0.182. The first-order chi connectivity index (χ1) is 37.1. The number of ether oxygens (including phenoxy) is 3. The molecule has 0 aliphatic carbocycles. The van der Waals surface area contributed by atoms with E-state index >= 15 is 0 Å². The lowest BCUT2D eigenvalue weighted by Gasteiger charge is -2.19. The molecule has 0 saturated carbocycles. The van der Waals surface area contributed by atoms with E-state index in [4.69, 9.17) is 29.2 Å². The van der Waals surface area contributed by atoms with Gasteiger partial charge in [-0.05, 0) is 106 Å². The molecule has 0 bridgehead atoms. The summed E-state index contributed by atoms with van der Waals surface area (Å²) < 4.78 is 23.1. The summed E-state index contributed by atoms with van der Waals surface area (Å²) >= 11 is 0.